The number of benzene rings is 1. The summed E-state index contributed by atoms with van der Waals surface area (Å²) in [5.74, 6) is -0.409. The molecule has 0 radical (unpaired) electrons. The zero-order valence-corrected chi connectivity index (χ0v) is 21.3. The average molecular weight is 531 g/mol. The van der Waals surface area contributed by atoms with E-state index in [9.17, 15) is 18.0 Å². The molecule has 1 amide bonds. The van der Waals surface area contributed by atoms with Crippen molar-refractivity contribution in [2.24, 2.45) is 0 Å². The Morgan fingerprint density at radius 3 is 2.42 bits per heavy atom. The summed E-state index contributed by atoms with van der Waals surface area (Å²) in [4.78, 5) is 30.3. The first kappa shape index (κ1) is 28.2. The van der Waals surface area contributed by atoms with Crippen LogP contribution >= 0.6 is 0 Å². The van der Waals surface area contributed by atoms with Crippen molar-refractivity contribution in [3.63, 3.8) is 0 Å². The Morgan fingerprint density at radius 1 is 1.08 bits per heavy atom. The summed E-state index contributed by atoms with van der Waals surface area (Å²) >= 11 is 0. The number of amides is 1. The van der Waals surface area contributed by atoms with Gasteiger partial charge in [0.05, 0.1) is 13.3 Å². The first-order valence-electron chi connectivity index (χ1n) is 11.9. The number of aromatic nitrogens is 4. The molecule has 3 rings (SSSR count). The van der Waals surface area contributed by atoms with Crippen molar-refractivity contribution in [1.82, 2.24) is 19.9 Å². The van der Waals surface area contributed by atoms with Gasteiger partial charge in [0, 0.05) is 30.7 Å². The zero-order chi connectivity index (χ0) is 27.7. The molecule has 0 fully saturated rings. The number of carbonyl (C=O) groups excluding carboxylic acids is 1. The molecule has 1 aromatic carbocycles. The maximum Gasteiger partial charge on any atom is 0.421 e. The smallest absolute Gasteiger partial charge is 0.421 e. The molecule has 0 aliphatic heterocycles. The lowest BCUT2D eigenvalue weighted by Crippen LogP contribution is -2.27. The third-order valence-corrected chi connectivity index (χ3v) is 5.12. The molecule has 0 atom stereocenters. The predicted octanol–water partition coefficient (Wildman–Crippen LogP) is 5.53. The monoisotopic (exact) mass is 530 g/mol. The Kier molecular flexibility index (Phi) is 9.41. The van der Waals surface area contributed by atoms with Gasteiger partial charge in [-0.15, -0.1) is 0 Å². The standard InChI is InChI=1S/C25H29F3N8O2/c1-5-11-36(12-6-2)24-30-15-19(22(35-24)38-4)33-23-29-14-18(25(26,27)28)21(34-23)32-17-10-8-9-16(13-17)31-20(37)7-3/h7-10,13-15H,3,5-6,11-12H2,1-2,4H3,(H,31,37)(H2,29,32,33,34). The highest BCUT2D eigenvalue weighted by Crippen LogP contribution is 2.36. The van der Waals surface area contributed by atoms with Crippen molar-refractivity contribution in [3.05, 3.63) is 54.9 Å². The van der Waals surface area contributed by atoms with Crippen LogP contribution in [0.1, 0.15) is 32.3 Å². The number of methoxy groups -OCH3 is 1. The van der Waals surface area contributed by atoms with Gasteiger partial charge in [0.25, 0.3) is 0 Å². The average Bonchev–Trinajstić information content (AvgIpc) is 2.88. The normalized spacial score (nSPS) is 11.0. The lowest BCUT2D eigenvalue weighted by molar-refractivity contribution is -0.137. The van der Waals surface area contributed by atoms with Gasteiger partial charge < -0.3 is 25.6 Å². The minimum absolute atomic E-state index is 0.134. The van der Waals surface area contributed by atoms with Crippen molar-refractivity contribution >= 4 is 40.7 Å². The number of nitrogens with zero attached hydrogens (tertiary/aromatic N) is 5. The molecule has 202 valence electrons. The van der Waals surface area contributed by atoms with E-state index in [1.165, 1.54) is 25.4 Å². The van der Waals surface area contributed by atoms with Gasteiger partial charge in [-0.2, -0.15) is 23.1 Å². The highest BCUT2D eigenvalue weighted by Gasteiger charge is 2.35. The van der Waals surface area contributed by atoms with Gasteiger partial charge in [-0.3, -0.25) is 4.79 Å². The van der Waals surface area contributed by atoms with E-state index >= 15 is 0 Å². The molecule has 2 aromatic heterocycles. The second-order valence-corrected chi connectivity index (χ2v) is 8.06. The second kappa shape index (κ2) is 12.7. The maximum atomic E-state index is 13.7. The predicted molar refractivity (Wildman–Crippen MR) is 140 cm³/mol. The summed E-state index contributed by atoms with van der Waals surface area (Å²) in [6, 6.07) is 6.15. The van der Waals surface area contributed by atoms with Crippen LogP contribution in [0.3, 0.4) is 0 Å². The largest absolute Gasteiger partial charge is 0.479 e. The Bertz CT molecular complexity index is 1260. The van der Waals surface area contributed by atoms with Crippen LogP contribution in [-0.2, 0) is 11.0 Å². The van der Waals surface area contributed by atoms with E-state index in [2.05, 4.69) is 56.3 Å². The van der Waals surface area contributed by atoms with Gasteiger partial charge in [0.2, 0.25) is 23.7 Å². The van der Waals surface area contributed by atoms with E-state index in [-0.39, 0.29) is 23.2 Å². The summed E-state index contributed by atoms with van der Waals surface area (Å²) in [5.41, 5.74) is -0.164. The van der Waals surface area contributed by atoms with Crippen molar-refractivity contribution in [3.8, 4) is 5.88 Å². The van der Waals surface area contributed by atoms with Crippen LogP contribution in [0, 0.1) is 0 Å². The fraction of sp³-hybridized carbons (Fsp3) is 0.320. The highest BCUT2D eigenvalue weighted by molar-refractivity contribution is 5.99. The number of carbonyl (C=O) groups is 1. The van der Waals surface area contributed by atoms with Gasteiger partial charge in [-0.25, -0.2) is 9.97 Å². The Hall–Kier alpha value is -4.42. The van der Waals surface area contributed by atoms with Crippen molar-refractivity contribution in [2.75, 3.05) is 41.0 Å². The first-order chi connectivity index (χ1) is 18.2. The first-order valence-corrected chi connectivity index (χ1v) is 11.9. The lowest BCUT2D eigenvalue weighted by Gasteiger charge is -2.22. The second-order valence-electron chi connectivity index (χ2n) is 8.06. The van der Waals surface area contributed by atoms with Gasteiger partial charge in [0.1, 0.15) is 17.1 Å². The quantitative estimate of drug-likeness (QED) is 0.260. The third kappa shape index (κ3) is 7.31. The van der Waals surface area contributed by atoms with E-state index in [1.807, 2.05) is 4.90 Å². The molecule has 3 N–H and O–H groups in total. The van der Waals surface area contributed by atoms with Crippen LogP contribution < -0.4 is 25.6 Å². The molecule has 10 nitrogen and oxygen atoms in total. The fourth-order valence-electron chi connectivity index (χ4n) is 3.47. The number of anilines is 6. The van der Waals surface area contributed by atoms with Crippen LogP contribution in [0.15, 0.2) is 49.3 Å². The fourth-order valence-corrected chi connectivity index (χ4v) is 3.47. The number of hydrogen-bond donors (Lipinski definition) is 3. The number of rotatable bonds is 12. The van der Waals surface area contributed by atoms with Crippen molar-refractivity contribution in [1.29, 1.82) is 0 Å². The van der Waals surface area contributed by atoms with Gasteiger partial charge in [-0.05, 0) is 37.1 Å². The van der Waals surface area contributed by atoms with E-state index in [4.69, 9.17) is 4.74 Å². The minimum atomic E-state index is -4.72. The SMILES string of the molecule is C=CC(=O)Nc1cccc(Nc2nc(Nc3cnc(N(CCC)CCC)nc3OC)ncc2C(F)(F)F)c1. The molecule has 0 unspecified atom stereocenters. The van der Waals surface area contributed by atoms with Crippen LogP contribution in [-0.4, -0.2) is 46.0 Å². The van der Waals surface area contributed by atoms with Crippen LogP contribution in [0.2, 0.25) is 0 Å². The molecule has 0 spiro atoms. The van der Waals surface area contributed by atoms with Crippen LogP contribution in [0.5, 0.6) is 5.88 Å². The molecular formula is C25H29F3N8O2. The van der Waals surface area contributed by atoms with Gasteiger partial charge in [0.15, 0.2) is 0 Å². The Morgan fingerprint density at radius 2 is 1.79 bits per heavy atom. The van der Waals surface area contributed by atoms with E-state index in [0.717, 1.165) is 32.0 Å². The molecular weight excluding hydrogens is 501 g/mol. The summed E-state index contributed by atoms with van der Waals surface area (Å²) in [7, 11) is 1.43. The molecule has 0 aliphatic rings. The molecule has 0 aliphatic carbocycles. The van der Waals surface area contributed by atoms with Crippen molar-refractivity contribution < 1.29 is 22.7 Å². The number of ether oxygens (including phenoxy) is 1. The van der Waals surface area contributed by atoms with E-state index in [0.29, 0.717) is 17.8 Å². The van der Waals surface area contributed by atoms with Crippen LogP contribution in [0.25, 0.3) is 0 Å². The number of alkyl halides is 3. The highest BCUT2D eigenvalue weighted by atomic mass is 19.4. The molecule has 0 saturated carbocycles. The zero-order valence-electron chi connectivity index (χ0n) is 21.3. The summed E-state index contributed by atoms with van der Waals surface area (Å²) in [6.07, 6.45) is 0.320. The Labute approximate surface area is 218 Å². The summed E-state index contributed by atoms with van der Waals surface area (Å²) in [6.45, 7) is 9.01. The van der Waals surface area contributed by atoms with Crippen LogP contribution in [0.4, 0.5) is 47.9 Å². The van der Waals surface area contributed by atoms with E-state index in [1.54, 1.807) is 12.1 Å². The molecule has 38 heavy (non-hydrogen) atoms. The number of hydrogen-bond acceptors (Lipinski definition) is 9. The van der Waals surface area contributed by atoms with Crippen molar-refractivity contribution in [2.45, 2.75) is 32.9 Å². The molecule has 2 heterocycles. The number of halogens is 3. The molecule has 0 saturated heterocycles. The third-order valence-electron chi connectivity index (χ3n) is 5.12. The number of nitrogens with one attached hydrogen (secondary N) is 3. The summed E-state index contributed by atoms with van der Waals surface area (Å²) in [5, 5.41) is 8.05. The maximum absolute atomic E-state index is 13.7. The Balaban J connectivity index is 1.92. The van der Waals surface area contributed by atoms with E-state index < -0.39 is 23.5 Å². The van der Waals surface area contributed by atoms with Gasteiger partial charge >= 0.3 is 6.18 Å². The van der Waals surface area contributed by atoms with Gasteiger partial charge in [-0.1, -0.05) is 26.5 Å². The molecule has 13 heteroatoms. The topological polar surface area (TPSA) is 117 Å². The lowest BCUT2D eigenvalue weighted by atomic mass is 10.2. The summed E-state index contributed by atoms with van der Waals surface area (Å²) < 4.78 is 46.5. The minimum Gasteiger partial charge on any atom is -0.479 e. The molecule has 3 aromatic rings. The molecule has 0 bridgehead atoms.